The lowest BCUT2D eigenvalue weighted by molar-refractivity contribution is -0.139. The average molecular weight is 596 g/mol. The number of carbonyl (C=O) groups is 2. The first-order valence-electron chi connectivity index (χ1n) is 14.2. The van der Waals surface area contributed by atoms with Gasteiger partial charge in [0, 0.05) is 12.6 Å². The van der Waals surface area contributed by atoms with Gasteiger partial charge in [-0.25, -0.2) is 12.8 Å². The SMILES string of the molecule is CCOc1ccc(S(=O)(=O)N(CC(=O)N(Cc2ccc(F)cc2)C(C)C(=O)NC2CCCC2)c2ccc(C)cc2)cc1. The summed E-state index contributed by atoms with van der Waals surface area (Å²) in [6.45, 7) is 5.25. The molecule has 3 aromatic carbocycles. The molecule has 0 spiro atoms. The van der Waals surface area contributed by atoms with E-state index in [4.69, 9.17) is 4.74 Å². The topological polar surface area (TPSA) is 96.0 Å². The van der Waals surface area contributed by atoms with Crippen molar-refractivity contribution in [1.29, 1.82) is 0 Å². The number of ether oxygens (including phenoxy) is 1. The molecule has 0 heterocycles. The Bertz CT molecular complexity index is 1460. The largest absolute Gasteiger partial charge is 0.494 e. The van der Waals surface area contributed by atoms with Gasteiger partial charge in [-0.2, -0.15) is 0 Å². The number of nitrogens with one attached hydrogen (secondary N) is 1. The maximum absolute atomic E-state index is 14.0. The molecule has 0 saturated heterocycles. The summed E-state index contributed by atoms with van der Waals surface area (Å²) in [6.07, 6.45) is 3.83. The molecule has 0 aromatic heterocycles. The number of anilines is 1. The second kappa shape index (κ2) is 13.8. The van der Waals surface area contributed by atoms with Crippen molar-refractivity contribution in [3.63, 3.8) is 0 Å². The van der Waals surface area contributed by atoms with Gasteiger partial charge in [0.05, 0.1) is 17.2 Å². The van der Waals surface area contributed by atoms with E-state index in [1.807, 2.05) is 13.8 Å². The van der Waals surface area contributed by atoms with Crippen molar-refractivity contribution in [2.75, 3.05) is 17.5 Å². The molecule has 0 radical (unpaired) electrons. The Balaban J connectivity index is 1.67. The lowest BCUT2D eigenvalue weighted by Gasteiger charge is -2.32. The van der Waals surface area contributed by atoms with E-state index in [1.54, 1.807) is 55.5 Å². The highest BCUT2D eigenvalue weighted by Gasteiger charge is 2.33. The molecule has 10 heteroatoms. The minimum absolute atomic E-state index is 0.00318. The minimum Gasteiger partial charge on any atom is -0.494 e. The van der Waals surface area contributed by atoms with Crippen LogP contribution in [-0.4, -0.2) is 50.4 Å². The first-order valence-corrected chi connectivity index (χ1v) is 15.7. The molecule has 1 fully saturated rings. The van der Waals surface area contributed by atoms with E-state index in [0.717, 1.165) is 35.6 Å². The number of aryl methyl sites for hydroxylation is 1. The van der Waals surface area contributed by atoms with Crippen LogP contribution in [0.2, 0.25) is 0 Å². The Kier molecular flexibility index (Phi) is 10.2. The smallest absolute Gasteiger partial charge is 0.264 e. The number of sulfonamides is 1. The molecule has 1 unspecified atom stereocenters. The minimum atomic E-state index is -4.19. The molecule has 1 aliphatic carbocycles. The number of nitrogens with zero attached hydrogens (tertiary/aromatic N) is 2. The number of benzene rings is 3. The molecule has 1 N–H and O–H groups in total. The number of amides is 2. The van der Waals surface area contributed by atoms with Crippen LogP contribution in [0.1, 0.15) is 50.7 Å². The molecule has 1 atom stereocenters. The predicted octanol–water partition coefficient (Wildman–Crippen LogP) is 5.20. The fraction of sp³-hybridized carbons (Fsp3) is 0.375. The number of rotatable bonds is 12. The van der Waals surface area contributed by atoms with Crippen LogP contribution >= 0.6 is 0 Å². The number of hydrogen-bond donors (Lipinski definition) is 1. The normalized spacial score (nSPS) is 14.3. The Hall–Kier alpha value is -3.92. The molecule has 4 rings (SSSR count). The second-order valence-electron chi connectivity index (χ2n) is 10.6. The average Bonchev–Trinajstić information content (AvgIpc) is 3.49. The highest BCUT2D eigenvalue weighted by Crippen LogP contribution is 2.27. The standard InChI is InChI=1S/C32H38FN3O5S/c1-4-41-29-17-19-30(20-18-29)42(39,40)36(28-15-9-23(2)10-16-28)22-31(37)35(21-25-11-13-26(33)14-12-25)24(3)32(38)34-27-7-5-6-8-27/h9-20,24,27H,4-8,21-22H2,1-3H3,(H,34,38). The van der Waals surface area contributed by atoms with Crippen LogP contribution in [0.15, 0.2) is 77.7 Å². The monoisotopic (exact) mass is 595 g/mol. The Morgan fingerprint density at radius 1 is 0.976 bits per heavy atom. The van der Waals surface area contributed by atoms with E-state index in [1.165, 1.54) is 29.2 Å². The third-order valence-electron chi connectivity index (χ3n) is 7.46. The van der Waals surface area contributed by atoms with E-state index in [9.17, 15) is 22.4 Å². The molecular formula is C32H38FN3O5S. The first kappa shape index (κ1) is 31.0. The second-order valence-corrected chi connectivity index (χ2v) is 12.4. The van der Waals surface area contributed by atoms with E-state index >= 15 is 0 Å². The van der Waals surface area contributed by atoms with Crippen molar-refractivity contribution in [3.8, 4) is 5.75 Å². The molecule has 1 saturated carbocycles. The number of halogens is 1. The zero-order chi connectivity index (χ0) is 30.3. The van der Waals surface area contributed by atoms with E-state index < -0.39 is 34.3 Å². The highest BCUT2D eigenvalue weighted by molar-refractivity contribution is 7.92. The summed E-state index contributed by atoms with van der Waals surface area (Å²) in [5.41, 5.74) is 1.85. The van der Waals surface area contributed by atoms with Crippen LogP contribution in [0.5, 0.6) is 5.75 Å². The third kappa shape index (κ3) is 7.67. The fourth-order valence-corrected chi connectivity index (χ4v) is 6.42. The van der Waals surface area contributed by atoms with Crippen molar-refractivity contribution in [1.82, 2.24) is 10.2 Å². The Morgan fingerprint density at radius 3 is 2.19 bits per heavy atom. The van der Waals surface area contributed by atoms with Crippen LogP contribution in [0, 0.1) is 12.7 Å². The fourth-order valence-electron chi connectivity index (χ4n) is 5.00. The van der Waals surface area contributed by atoms with Crippen molar-refractivity contribution in [3.05, 3.63) is 89.7 Å². The maximum atomic E-state index is 14.0. The van der Waals surface area contributed by atoms with Gasteiger partial charge in [-0.05, 0) is 87.7 Å². The van der Waals surface area contributed by atoms with Crippen molar-refractivity contribution < 1.29 is 27.1 Å². The molecule has 2 amide bonds. The van der Waals surface area contributed by atoms with Gasteiger partial charge in [-0.15, -0.1) is 0 Å². The van der Waals surface area contributed by atoms with Gasteiger partial charge in [0.2, 0.25) is 11.8 Å². The summed E-state index contributed by atoms with van der Waals surface area (Å²) in [7, 11) is -4.19. The molecule has 1 aliphatic rings. The zero-order valence-corrected chi connectivity index (χ0v) is 25.1. The Morgan fingerprint density at radius 2 is 1.60 bits per heavy atom. The predicted molar refractivity (Wildman–Crippen MR) is 160 cm³/mol. The lowest BCUT2D eigenvalue weighted by atomic mass is 10.1. The van der Waals surface area contributed by atoms with Gasteiger partial charge in [0.25, 0.3) is 10.0 Å². The molecule has 8 nitrogen and oxygen atoms in total. The summed E-state index contributed by atoms with van der Waals surface area (Å²) < 4.78 is 48.1. The first-order chi connectivity index (χ1) is 20.1. The molecule has 0 bridgehead atoms. The van der Waals surface area contributed by atoms with Crippen LogP contribution < -0.4 is 14.4 Å². The van der Waals surface area contributed by atoms with Crippen LogP contribution in [0.25, 0.3) is 0 Å². The number of hydrogen-bond acceptors (Lipinski definition) is 5. The van der Waals surface area contributed by atoms with Crippen LogP contribution in [0.4, 0.5) is 10.1 Å². The van der Waals surface area contributed by atoms with Crippen LogP contribution in [0.3, 0.4) is 0 Å². The van der Waals surface area contributed by atoms with Crippen molar-refractivity contribution in [2.24, 2.45) is 0 Å². The van der Waals surface area contributed by atoms with Gasteiger partial charge in [-0.1, -0.05) is 42.7 Å². The third-order valence-corrected chi connectivity index (χ3v) is 9.25. The molecular weight excluding hydrogens is 557 g/mol. The van der Waals surface area contributed by atoms with E-state index in [0.29, 0.717) is 23.6 Å². The summed E-state index contributed by atoms with van der Waals surface area (Å²) >= 11 is 0. The lowest BCUT2D eigenvalue weighted by Crippen LogP contribution is -2.52. The summed E-state index contributed by atoms with van der Waals surface area (Å²) in [5, 5.41) is 3.04. The Labute approximate surface area is 247 Å². The molecule has 42 heavy (non-hydrogen) atoms. The summed E-state index contributed by atoms with van der Waals surface area (Å²) in [4.78, 5) is 28.6. The van der Waals surface area contributed by atoms with Crippen molar-refractivity contribution in [2.45, 2.75) is 70.0 Å². The molecule has 0 aliphatic heterocycles. The van der Waals surface area contributed by atoms with Crippen molar-refractivity contribution >= 4 is 27.5 Å². The number of carbonyl (C=O) groups excluding carboxylic acids is 2. The van der Waals surface area contributed by atoms with E-state index in [-0.39, 0.29) is 23.4 Å². The zero-order valence-electron chi connectivity index (χ0n) is 24.3. The molecule has 3 aromatic rings. The van der Waals surface area contributed by atoms with Gasteiger partial charge in [-0.3, -0.25) is 13.9 Å². The van der Waals surface area contributed by atoms with Gasteiger partial charge < -0.3 is 15.0 Å². The highest BCUT2D eigenvalue weighted by atomic mass is 32.2. The van der Waals surface area contributed by atoms with Gasteiger partial charge >= 0.3 is 0 Å². The summed E-state index contributed by atoms with van der Waals surface area (Å²) in [6, 6.07) is 17.7. The van der Waals surface area contributed by atoms with E-state index in [2.05, 4.69) is 5.32 Å². The van der Waals surface area contributed by atoms with Gasteiger partial charge in [0.15, 0.2) is 0 Å². The molecule has 224 valence electrons. The maximum Gasteiger partial charge on any atom is 0.264 e. The van der Waals surface area contributed by atoms with Gasteiger partial charge in [0.1, 0.15) is 24.2 Å². The quantitative estimate of drug-likeness (QED) is 0.310. The summed E-state index contributed by atoms with van der Waals surface area (Å²) in [5.74, 6) is -0.769. The van der Waals surface area contributed by atoms with Crippen LogP contribution in [-0.2, 0) is 26.2 Å².